The fourth-order valence-electron chi connectivity index (χ4n) is 9.83. The third-order valence-electron chi connectivity index (χ3n) is 14.2. The lowest BCUT2D eigenvalue weighted by atomic mass is 10.1. The third-order valence-corrected chi connectivity index (χ3v) is 14.2. The quantitative estimate of drug-likeness (QED) is 0.0994. The largest absolute Gasteiger partial charge is 0.444 e. The molecule has 6 N–H and O–H groups in total. The van der Waals surface area contributed by atoms with Gasteiger partial charge in [0, 0.05) is 105 Å². The van der Waals surface area contributed by atoms with Crippen LogP contribution in [0.3, 0.4) is 0 Å². The van der Waals surface area contributed by atoms with Crippen LogP contribution in [0.1, 0.15) is 96.8 Å². The Morgan fingerprint density at radius 2 is 1.02 bits per heavy atom. The van der Waals surface area contributed by atoms with Gasteiger partial charge in [-0.3, -0.25) is 18.0 Å². The van der Waals surface area contributed by atoms with Crippen molar-refractivity contribution in [3.63, 3.8) is 0 Å². The number of aryl methyl sites for hydroxylation is 3. The molecule has 3 atom stereocenters. The van der Waals surface area contributed by atoms with E-state index < -0.39 is 11.2 Å². The lowest BCUT2D eigenvalue weighted by Crippen LogP contribution is -2.47. The standard InChI is InChI=1S/C22H27FN6O2.C17H19FN6.C12H9FN4O.C10H20N2O2/c1-14-10-25-20(17-11-24-18-8-7-15(23)12-29(17)18)27-19(14)26-16-6-5-9-28(13-16)21(30)31-22(2,3)4;1-11-7-21-17(23-16(11)22-13-3-2-6-19-8-13)14-9-20-15-5-4-12(18)10-24(14)15;1-7-4-15-11(16-12(7)18)9-5-14-10-3-2-8(13)6-17(9)10;1-10(2,3)14-9(13)12-6-4-5-8(11)7-12/h7-8,10-12,16H,5-6,9,13H2,1-4H3,(H,25,26,27);4-5,7,9-10,13,19H,2-3,6,8H2,1H3,(H,21,22,23);2-6H,1H3,(H,15,16,18);8H,4-7,11H2,1-3H3/t16-;13-;;8-/m11.1/s1. The monoisotopic (exact) mass is 1200 g/mol. The molecule has 23 nitrogen and oxygen atoms in total. The third kappa shape index (κ3) is 16.5. The highest BCUT2D eigenvalue weighted by Gasteiger charge is 2.29. The minimum atomic E-state index is -0.525. The van der Waals surface area contributed by atoms with Gasteiger partial charge in [-0.1, -0.05) is 0 Å². The molecule has 3 aliphatic rings. The molecule has 2 amide bonds. The molecule has 12 rings (SSSR count). The number of fused-ring (bicyclic) bond motifs is 3. The summed E-state index contributed by atoms with van der Waals surface area (Å²) in [4.78, 5) is 76.7. The van der Waals surface area contributed by atoms with Gasteiger partial charge in [-0.2, -0.15) is 0 Å². The normalized spacial score (nSPS) is 17.1. The van der Waals surface area contributed by atoms with Gasteiger partial charge in [-0.05, 0) is 144 Å². The van der Waals surface area contributed by atoms with Crippen molar-refractivity contribution in [1.29, 1.82) is 0 Å². The summed E-state index contributed by atoms with van der Waals surface area (Å²) in [6.07, 6.45) is 19.4. The van der Waals surface area contributed by atoms with Gasteiger partial charge in [0.15, 0.2) is 17.5 Å². The first kappa shape index (κ1) is 62.5. The van der Waals surface area contributed by atoms with Crippen LogP contribution in [-0.2, 0) is 9.47 Å². The summed E-state index contributed by atoms with van der Waals surface area (Å²) in [6, 6.07) is 9.42. The topological polar surface area (TPSA) is 270 Å². The Kier molecular flexibility index (Phi) is 19.5. The summed E-state index contributed by atoms with van der Waals surface area (Å²) in [5, 5.41) is 10.3. The summed E-state index contributed by atoms with van der Waals surface area (Å²) < 4.78 is 56.1. The van der Waals surface area contributed by atoms with Crippen molar-refractivity contribution < 1.29 is 32.2 Å². The Bertz CT molecular complexity index is 3920. The van der Waals surface area contributed by atoms with E-state index in [1.54, 1.807) is 79.1 Å². The summed E-state index contributed by atoms with van der Waals surface area (Å²) in [7, 11) is 0. The van der Waals surface area contributed by atoms with E-state index in [-0.39, 0.29) is 47.3 Å². The molecular weight excluding hydrogens is 1120 g/mol. The molecule has 0 saturated carbocycles. The van der Waals surface area contributed by atoms with Crippen molar-refractivity contribution in [2.24, 2.45) is 5.73 Å². The molecular formula is C61H75F3N18O5. The number of hydrogen-bond acceptors (Lipinski definition) is 17. The number of likely N-dealkylation sites (tertiary alicyclic amines) is 2. The van der Waals surface area contributed by atoms with Gasteiger partial charge in [0.2, 0.25) is 0 Å². The molecule has 0 radical (unpaired) electrons. The van der Waals surface area contributed by atoms with Crippen molar-refractivity contribution in [2.75, 3.05) is 49.9 Å². The van der Waals surface area contributed by atoms with E-state index in [0.29, 0.717) is 88.6 Å². The second kappa shape index (κ2) is 27.1. The lowest BCUT2D eigenvalue weighted by Gasteiger charge is -2.34. The highest BCUT2D eigenvalue weighted by Crippen LogP contribution is 2.26. The number of imidazole rings is 3. The second-order valence-electron chi connectivity index (χ2n) is 23.8. The number of carbonyl (C=O) groups excluding carboxylic acids is 2. The first-order valence-corrected chi connectivity index (χ1v) is 29.0. The van der Waals surface area contributed by atoms with Crippen LogP contribution in [0.25, 0.3) is 51.5 Å². The predicted molar refractivity (Wildman–Crippen MR) is 325 cm³/mol. The first-order chi connectivity index (χ1) is 41.4. The van der Waals surface area contributed by atoms with Crippen LogP contribution in [0.4, 0.5) is 34.4 Å². The molecule has 460 valence electrons. The molecule has 3 saturated heterocycles. The summed E-state index contributed by atoms with van der Waals surface area (Å²) in [5.41, 5.74) is 10.7. The van der Waals surface area contributed by atoms with Gasteiger partial charge in [0.25, 0.3) is 5.56 Å². The fraction of sp³-hybridized carbons (Fsp3) is 0.426. The molecule has 3 aliphatic heterocycles. The Hall–Kier alpha value is -9.04. The molecule has 9 aromatic heterocycles. The zero-order valence-electron chi connectivity index (χ0n) is 50.4. The number of halogens is 3. The smallest absolute Gasteiger partial charge is 0.410 e. The Balaban J connectivity index is 0.000000144. The average Bonchev–Trinajstić information content (AvgIpc) is 3.94. The lowest BCUT2D eigenvalue weighted by molar-refractivity contribution is 0.0193. The highest BCUT2D eigenvalue weighted by atomic mass is 19.1. The number of piperidine rings is 3. The molecule has 0 spiro atoms. The number of hydrogen-bond donors (Lipinski definition) is 5. The van der Waals surface area contributed by atoms with E-state index in [1.807, 2.05) is 55.4 Å². The molecule has 0 aromatic carbocycles. The van der Waals surface area contributed by atoms with E-state index in [4.69, 9.17) is 15.2 Å². The second-order valence-corrected chi connectivity index (χ2v) is 23.8. The summed E-state index contributed by atoms with van der Waals surface area (Å²) >= 11 is 0. The van der Waals surface area contributed by atoms with Gasteiger partial charge in [-0.25, -0.2) is 62.6 Å². The maximum absolute atomic E-state index is 13.7. The number of ether oxygens (including phenoxy) is 2. The molecule has 12 heterocycles. The number of nitrogens with zero attached hydrogens (tertiary/aromatic N) is 13. The maximum atomic E-state index is 13.7. The van der Waals surface area contributed by atoms with E-state index >= 15 is 0 Å². The summed E-state index contributed by atoms with van der Waals surface area (Å²) in [6.45, 7) is 21.4. The molecule has 0 aliphatic carbocycles. The predicted octanol–water partition coefficient (Wildman–Crippen LogP) is 9.33. The van der Waals surface area contributed by atoms with Crippen molar-refractivity contribution in [2.45, 2.75) is 130 Å². The van der Waals surface area contributed by atoms with Gasteiger partial charge < -0.3 is 45.9 Å². The number of carbonyl (C=O) groups is 2. The molecule has 3 fully saturated rings. The minimum Gasteiger partial charge on any atom is -0.444 e. The number of rotatable bonds is 7. The molecule has 9 aromatic rings. The van der Waals surface area contributed by atoms with Gasteiger partial charge in [0.1, 0.15) is 74.3 Å². The van der Waals surface area contributed by atoms with Crippen LogP contribution in [0, 0.1) is 38.2 Å². The van der Waals surface area contributed by atoms with Crippen molar-refractivity contribution >= 4 is 40.8 Å². The Labute approximate surface area is 501 Å². The zero-order valence-corrected chi connectivity index (χ0v) is 50.4. The van der Waals surface area contributed by atoms with E-state index in [0.717, 1.165) is 75.1 Å². The number of anilines is 2. The van der Waals surface area contributed by atoms with Crippen LogP contribution in [-0.4, -0.2) is 149 Å². The Morgan fingerprint density at radius 3 is 1.49 bits per heavy atom. The number of nitrogens with one attached hydrogen (secondary N) is 4. The van der Waals surface area contributed by atoms with Crippen molar-refractivity contribution in [3.8, 4) is 34.6 Å². The van der Waals surface area contributed by atoms with Crippen LogP contribution in [0.5, 0.6) is 0 Å². The van der Waals surface area contributed by atoms with E-state index in [9.17, 15) is 27.6 Å². The first-order valence-electron chi connectivity index (χ1n) is 29.0. The van der Waals surface area contributed by atoms with Crippen LogP contribution < -0.4 is 27.2 Å². The van der Waals surface area contributed by atoms with Crippen molar-refractivity contribution in [1.82, 2.24) is 73.2 Å². The number of H-pyrrole nitrogens is 1. The number of pyridine rings is 3. The van der Waals surface area contributed by atoms with Crippen LogP contribution in [0.2, 0.25) is 0 Å². The van der Waals surface area contributed by atoms with E-state index in [2.05, 4.69) is 60.8 Å². The number of aromatic nitrogens is 12. The van der Waals surface area contributed by atoms with Crippen LogP contribution >= 0.6 is 0 Å². The summed E-state index contributed by atoms with van der Waals surface area (Å²) in [5.74, 6) is 1.80. The minimum absolute atomic E-state index is 0.0438. The molecule has 0 bridgehead atoms. The van der Waals surface area contributed by atoms with Crippen molar-refractivity contribution in [3.05, 3.63) is 137 Å². The van der Waals surface area contributed by atoms with Gasteiger partial charge >= 0.3 is 12.2 Å². The zero-order chi connectivity index (χ0) is 62.2. The SMILES string of the molecule is CC(C)(C)OC(=O)N1CCC[C@@H](N)C1.Cc1cnc(-c2cnc3ccc(F)cn23)[nH]c1=O.Cc1cnc(-c2cnc3ccc(F)cn23)nc1N[C@@H]1CCCN(C(=O)OC(C)(C)C)C1.Cc1cnc(-c2cnc3ccc(F)cn23)nc1N[C@@H]1CCCNC1. The number of nitrogens with two attached hydrogens (primary N) is 1. The van der Waals surface area contributed by atoms with Gasteiger partial charge in [0.05, 0.1) is 18.6 Å². The Morgan fingerprint density at radius 1 is 0.575 bits per heavy atom. The highest BCUT2D eigenvalue weighted by molar-refractivity contribution is 5.69. The van der Waals surface area contributed by atoms with Crippen LogP contribution in [0.15, 0.2) is 97.0 Å². The fourth-order valence-corrected chi connectivity index (χ4v) is 9.83. The van der Waals surface area contributed by atoms with Gasteiger partial charge in [-0.15, -0.1) is 0 Å². The molecule has 26 heteroatoms. The average molecular weight is 1200 g/mol. The van der Waals surface area contributed by atoms with E-state index in [1.165, 1.54) is 43.0 Å². The number of amides is 2. The molecule has 0 unspecified atom stereocenters. The molecule has 87 heavy (non-hydrogen) atoms. The number of aromatic amines is 1. The maximum Gasteiger partial charge on any atom is 0.410 e.